The Balaban J connectivity index is 1.91. The van der Waals surface area contributed by atoms with Crippen LogP contribution < -0.4 is 0 Å². The minimum absolute atomic E-state index is 0.0989. The quantitative estimate of drug-likeness (QED) is 0.896. The second kappa shape index (κ2) is 5.07. The Hall–Kier alpha value is -1.79. The summed E-state index contributed by atoms with van der Waals surface area (Å²) in [5, 5.41) is 16.0. The summed E-state index contributed by atoms with van der Waals surface area (Å²) in [5.74, 6) is -1.00. The maximum absolute atomic E-state index is 10.9. The van der Waals surface area contributed by atoms with Crippen LogP contribution in [0.1, 0.15) is 10.5 Å². The molecule has 1 saturated heterocycles. The summed E-state index contributed by atoms with van der Waals surface area (Å²) in [4.78, 5) is 12.0. The lowest BCUT2D eigenvalue weighted by Gasteiger charge is -2.25. The molecule has 1 aliphatic rings. The van der Waals surface area contributed by atoms with Gasteiger partial charge >= 0.3 is 5.97 Å². The molecule has 2 N–H and O–H groups in total. The minimum Gasteiger partial charge on any atom is -0.477 e. The molecule has 1 aliphatic heterocycles. The van der Waals surface area contributed by atoms with E-state index in [2.05, 4.69) is 10.2 Å². The third kappa shape index (κ3) is 2.50. The van der Waals surface area contributed by atoms with Gasteiger partial charge in [0.05, 0.1) is 24.2 Å². The molecule has 1 aromatic heterocycles. The molecule has 1 fully saturated rings. The number of nitrogens with zero attached hydrogens (tertiary/aromatic N) is 1. The number of ether oxygens (including phenoxy) is 1. The van der Waals surface area contributed by atoms with Crippen LogP contribution in [0.3, 0.4) is 0 Å². The number of aromatic nitrogens is 2. The third-order valence-corrected chi connectivity index (χ3v) is 4.09. The summed E-state index contributed by atoms with van der Waals surface area (Å²) in [6, 6.07) is 9.41. The number of benzene rings is 1. The number of carbonyl (C=O) groups is 1. The lowest BCUT2D eigenvalue weighted by Crippen LogP contribution is -2.30. The predicted molar refractivity (Wildman–Crippen MR) is 71.4 cm³/mol. The molecule has 0 aliphatic carbocycles. The van der Waals surface area contributed by atoms with E-state index >= 15 is 0 Å². The summed E-state index contributed by atoms with van der Waals surface area (Å²) in [6.45, 7) is 1.53. The van der Waals surface area contributed by atoms with E-state index in [0.29, 0.717) is 10.9 Å². The first-order valence-electron chi connectivity index (χ1n) is 5.86. The lowest BCUT2D eigenvalue weighted by atomic mass is 10.1. The maximum Gasteiger partial charge on any atom is 0.353 e. The van der Waals surface area contributed by atoms with Crippen molar-refractivity contribution in [2.24, 2.45) is 0 Å². The van der Waals surface area contributed by atoms with Crippen LogP contribution in [0.25, 0.3) is 11.3 Å². The highest BCUT2D eigenvalue weighted by atomic mass is 32.2. The number of nitrogens with one attached hydrogen (secondary N) is 1. The fourth-order valence-electron chi connectivity index (χ4n) is 1.81. The van der Waals surface area contributed by atoms with Crippen molar-refractivity contribution in [3.8, 4) is 11.3 Å². The van der Waals surface area contributed by atoms with Crippen molar-refractivity contribution in [3.05, 3.63) is 36.0 Å². The Morgan fingerprint density at radius 1 is 1.42 bits per heavy atom. The average molecular weight is 276 g/mol. The van der Waals surface area contributed by atoms with Gasteiger partial charge in [0.25, 0.3) is 0 Å². The summed E-state index contributed by atoms with van der Waals surface area (Å²) >= 11 is 1.74. The number of thioether (sulfide) groups is 1. The summed E-state index contributed by atoms with van der Waals surface area (Å²) in [5.41, 5.74) is 1.70. The number of H-pyrrole nitrogens is 1. The van der Waals surface area contributed by atoms with E-state index in [9.17, 15) is 4.79 Å². The van der Waals surface area contributed by atoms with Crippen LogP contribution in [0.5, 0.6) is 0 Å². The van der Waals surface area contributed by atoms with Gasteiger partial charge in [-0.15, -0.1) is 11.8 Å². The molecular weight excluding hydrogens is 264 g/mol. The molecule has 0 spiro atoms. The Morgan fingerprint density at radius 3 is 2.84 bits per heavy atom. The van der Waals surface area contributed by atoms with Gasteiger partial charge in [-0.1, -0.05) is 18.2 Å². The van der Waals surface area contributed by atoms with E-state index in [1.54, 1.807) is 17.8 Å². The standard InChI is InChI=1S/C13H12N2O3S/c16-13(17)11-5-10(14-15-11)9-3-1-2-4-12(9)19-8-6-18-7-8/h1-5,8H,6-7H2,(H,14,15)(H,16,17). The fourth-order valence-corrected chi connectivity index (χ4v) is 2.96. The highest BCUT2D eigenvalue weighted by molar-refractivity contribution is 8.00. The van der Waals surface area contributed by atoms with Gasteiger partial charge in [0.2, 0.25) is 0 Å². The van der Waals surface area contributed by atoms with Crippen LogP contribution >= 0.6 is 11.8 Å². The van der Waals surface area contributed by atoms with Gasteiger partial charge < -0.3 is 9.84 Å². The van der Waals surface area contributed by atoms with Crippen molar-refractivity contribution in [2.45, 2.75) is 10.1 Å². The Labute approximate surface area is 114 Å². The van der Waals surface area contributed by atoms with Crippen molar-refractivity contribution in [2.75, 3.05) is 13.2 Å². The zero-order valence-corrected chi connectivity index (χ0v) is 10.8. The van der Waals surface area contributed by atoms with E-state index in [4.69, 9.17) is 9.84 Å². The first-order chi connectivity index (χ1) is 9.24. The van der Waals surface area contributed by atoms with Gasteiger partial charge in [0.15, 0.2) is 0 Å². The largest absolute Gasteiger partial charge is 0.477 e. The molecule has 1 aromatic carbocycles. The SMILES string of the molecule is O=C(O)c1cc(-c2ccccc2SC2COC2)n[nH]1. The molecular formula is C13H12N2O3S. The van der Waals surface area contributed by atoms with Crippen molar-refractivity contribution >= 4 is 17.7 Å². The number of aromatic carboxylic acids is 1. The molecule has 0 atom stereocenters. The van der Waals surface area contributed by atoms with Crippen molar-refractivity contribution in [1.82, 2.24) is 10.2 Å². The van der Waals surface area contributed by atoms with Crippen LogP contribution in [-0.2, 0) is 4.74 Å². The number of aromatic amines is 1. The van der Waals surface area contributed by atoms with Gasteiger partial charge in [-0.05, 0) is 12.1 Å². The van der Waals surface area contributed by atoms with E-state index in [1.165, 1.54) is 0 Å². The van der Waals surface area contributed by atoms with E-state index in [0.717, 1.165) is 23.7 Å². The average Bonchev–Trinajstić information content (AvgIpc) is 2.84. The molecule has 0 amide bonds. The molecule has 2 aromatic rings. The monoisotopic (exact) mass is 276 g/mol. The molecule has 3 rings (SSSR count). The highest BCUT2D eigenvalue weighted by Crippen LogP contribution is 2.35. The Morgan fingerprint density at radius 2 is 2.21 bits per heavy atom. The minimum atomic E-state index is -1.00. The molecule has 0 saturated carbocycles. The number of carboxylic acids is 1. The Kier molecular flexibility index (Phi) is 3.27. The summed E-state index contributed by atoms with van der Waals surface area (Å²) in [6.07, 6.45) is 0. The number of carboxylic acid groups (broad SMARTS) is 1. The molecule has 19 heavy (non-hydrogen) atoms. The van der Waals surface area contributed by atoms with Crippen LogP contribution in [0.15, 0.2) is 35.2 Å². The first-order valence-corrected chi connectivity index (χ1v) is 6.74. The molecule has 0 radical (unpaired) electrons. The number of hydrogen-bond acceptors (Lipinski definition) is 4. The highest BCUT2D eigenvalue weighted by Gasteiger charge is 2.21. The van der Waals surface area contributed by atoms with Crippen molar-refractivity contribution < 1.29 is 14.6 Å². The summed E-state index contributed by atoms with van der Waals surface area (Å²) in [7, 11) is 0. The van der Waals surface area contributed by atoms with Crippen LogP contribution in [0.2, 0.25) is 0 Å². The predicted octanol–water partition coefficient (Wildman–Crippen LogP) is 2.27. The number of rotatable bonds is 4. The van der Waals surface area contributed by atoms with Crippen LogP contribution in [0.4, 0.5) is 0 Å². The molecule has 98 valence electrons. The smallest absolute Gasteiger partial charge is 0.353 e. The fraction of sp³-hybridized carbons (Fsp3) is 0.231. The first kappa shape index (κ1) is 12.3. The topological polar surface area (TPSA) is 75.2 Å². The van der Waals surface area contributed by atoms with Gasteiger partial charge in [-0.25, -0.2) is 4.79 Å². The maximum atomic E-state index is 10.9. The van der Waals surface area contributed by atoms with Gasteiger partial charge in [-0.3, -0.25) is 5.10 Å². The van der Waals surface area contributed by atoms with E-state index in [-0.39, 0.29) is 5.69 Å². The van der Waals surface area contributed by atoms with Crippen LogP contribution in [0, 0.1) is 0 Å². The third-order valence-electron chi connectivity index (χ3n) is 2.87. The molecule has 0 unspecified atom stereocenters. The van der Waals surface area contributed by atoms with Crippen molar-refractivity contribution in [3.63, 3.8) is 0 Å². The molecule has 2 heterocycles. The van der Waals surface area contributed by atoms with Crippen molar-refractivity contribution in [1.29, 1.82) is 0 Å². The zero-order chi connectivity index (χ0) is 13.2. The molecule has 5 nitrogen and oxygen atoms in total. The van der Waals surface area contributed by atoms with Gasteiger partial charge in [-0.2, -0.15) is 5.10 Å². The molecule has 0 bridgehead atoms. The Bertz CT molecular complexity index is 607. The summed E-state index contributed by atoms with van der Waals surface area (Å²) < 4.78 is 5.17. The van der Waals surface area contributed by atoms with Crippen LogP contribution in [-0.4, -0.2) is 39.7 Å². The lowest BCUT2D eigenvalue weighted by molar-refractivity contribution is 0.0455. The molecule has 6 heteroatoms. The number of hydrogen-bond donors (Lipinski definition) is 2. The normalized spacial score (nSPS) is 15.2. The second-order valence-electron chi connectivity index (χ2n) is 4.25. The van der Waals surface area contributed by atoms with Gasteiger partial charge in [0.1, 0.15) is 5.69 Å². The van der Waals surface area contributed by atoms with E-state index in [1.807, 2.05) is 24.3 Å². The zero-order valence-electron chi connectivity index (χ0n) is 10.00. The van der Waals surface area contributed by atoms with E-state index < -0.39 is 5.97 Å². The van der Waals surface area contributed by atoms with Gasteiger partial charge in [0, 0.05) is 10.5 Å². The second-order valence-corrected chi connectivity index (χ2v) is 5.59.